The summed E-state index contributed by atoms with van der Waals surface area (Å²) in [5, 5.41) is 22.4. The van der Waals surface area contributed by atoms with Crippen LogP contribution in [-0.2, 0) is 9.53 Å². The lowest BCUT2D eigenvalue weighted by atomic mass is 9.86. The molecular formula is C28H31NO8. The van der Waals surface area contributed by atoms with Crippen molar-refractivity contribution < 1.29 is 38.4 Å². The Balaban J connectivity index is 1.83. The van der Waals surface area contributed by atoms with Crippen molar-refractivity contribution in [2.24, 2.45) is 5.92 Å². The molecule has 2 atom stereocenters. The first-order valence-electron chi connectivity index (χ1n) is 11.7. The van der Waals surface area contributed by atoms with E-state index in [-0.39, 0.29) is 22.8 Å². The number of benzene rings is 2. The number of aromatic nitrogens is 1. The summed E-state index contributed by atoms with van der Waals surface area (Å²) in [6, 6.07) is 16.2. The monoisotopic (exact) mass is 509 g/mol. The molecular weight excluding hydrogens is 478 g/mol. The number of methoxy groups -OCH3 is 3. The Bertz CT molecular complexity index is 1210. The zero-order valence-corrected chi connectivity index (χ0v) is 21.5. The highest BCUT2D eigenvalue weighted by atomic mass is 16.5. The Hall–Kier alpha value is -4.27. The predicted molar refractivity (Wildman–Crippen MR) is 135 cm³/mol. The number of nitrogens with zero attached hydrogens (tertiary/aromatic N) is 1. The highest BCUT2D eigenvalue weighted by Gasteiger charge is 2.32. The van der Waals surface area contributed by atoms with Gasteiger partial charge in [0.2, 0.25) is 11.5 Å². The second-order valence-corrected chi connectivity index (χ2v) is 8.61. The molecule has 0 radical (unpaired) electrons. The van der Waals surface area contributed by atoms with Gasteiger partial charge in [-0.25, -0.2) is 0 Å². The van der Waals surface area contributed by atoms with Gasteiger partial charge in [0, 0.05) is 18.4 Å². The topological polar surface area (TPSA) is 118 Å². The van der Waals surface area contributed by atoms with Gasteiger partial charge < -0.3 is 29.3 Å². The van der Waals surface area contributed by atoms with Crippen LogP contribution in [0.3, 0.4) is 0 Å². The molecule has 0 bridgehead atoms. The average molecular weight is 510 g/mol. The SMILES string of the molecule is COc1cccc(C(c2cccc(OC)c2)[C@H](C)OC(=O)[C@H](C)CC(=O)c2c(O)c(OC)cc[n+]2[O-])c1. The van der Waals surface area contributed by atoms with Gasteiger partial charge in [-0.2, -0.15) is 4.73 Å². The fraction of sp³-hybridized carbons (Fsp3) is 0.321. The van der Waals surface area contributed by atoms with Crippen LogP contribution in [0.15, 0.2) is 60.8 Å². The maximum atomic E-state index is 13.0. The second kappa shape index (κ2) is 12.1. The summed E-state index contributed by atoms with van der Waals surface area (Å²) < 4.78 is 21.8. The van der Waals surface area contributed by atoms with Crippen LogP contribution < -0.4 is 18.9 Å². The van der Waals surface area contributed by atoms with Gasteiger partial charge >= 0.3 is 11.7 Å². The lowest BCUT2D eigenvalue weighted by Gasteiger charge is -2.27. The van der Waals surface area contributed by atoms with Crippen molar-refractivity contribution >= 4 is 11.8 Å². The number of pyridine rings is 1. The first-order chi connectivity index (χ1) is 17.7. The lowest BCUT2D eigenvalue weighted by molar-refractivity contribution is -0.608. The van der Waals surface area contributed by atoms with Crippen molar-refractivity contribution in [2.75, 3.05) is 21.3 Å². The molecule has 0 spiro atoms. The number of aromatic hydroxyl groups is 1. The Labute approximate surface area is 215 Å². The fourth-order valence-electron chi connectivity index (χ4n) is 4.16. The van der Waals surface area contributed by atoms with E-state index in [1.807, 2.05) is 48.5 Å². The van der Waals surface area contributed by atoms with Gasteiger partial charge in [0.25, 0.3) is 0 Å². The van der Waals surface area contributed by atoms with E-state index in [9.17, 15) is 19.9 Å². The molecule has 1 N–H and O–H groups in total. The summed E-state index contributed by atoms with van der Waals surface area (Å²) in [7, 11) is 4.46. The van der Waals surface area contributed by atoms with Crippen LogP contribution in [0.4, 0.5) is 0 Å². The molecule has 1 aromatic heterocycles. The average Bonchev–Trinajstić information content (AvgIpc) is 2.89. The highest BCUT2D eigenvalue weighted by Crippen LogP contribution is 2.34. The predicted octanol–water partition coefficient (Wildman–Crippen LogP) is 4.02. The third kappa shape index (κ3) is 6.30. The van der Waals surface area contributed by atoms with Crippen molar-refractivity contribution in [1.29, 1.82) is 0 Å². The summed E-state index contributed by atoms with van der Waals surface area (Å²) in [5.74, 6) is -1.83. The Kier molecular flexibility index (Phi) is 8.95. The van der Waals surface area contributed by atoms with Crippen molar-refractivity contribution in [3.05, 3.63) is 82.8 Å². The third-order valence-electron chi connectivity index (χ3n) is 6.09. The molecule has 9 heteroatoms. The molecule has 9 nitrogen and oxygen atoms in total. The molecule has 0 saturated heterocycles. The molecule has 0 fully saturated rings. The summed E-state index contributed by atoms with van der Waals surface area (Å²) >= 11 is 0. The minimum absolute atomic E-state index is 0.0151. The summed E-state index contributed by atoms with van der Waals surface area (Å²) in [4.78, 5) is 25.8. The number of Topliss-reactive ketones (excluding diaryl/α,β-unsaturated/α-hetero) is 1. The minimum atomic E-state index is -0.878. The largest absolute Gasteiger partial charge is 0.618 e. The quantitative estimate of drug-likeness (QED) is 0.178. The molecule has 0 aliphatic rings. The van der Waals surface area contributed by atoms with E-state index in [1.54, 1.807) is 21.1 Å². The van der Waals surface area contributed by atoms with E-state index in [2.05, 4.69) is 0 Å². The van der Waals surface area contributed by atoms with Gasteiger partial charge in [-0.3, -0.25) is 9.59 Å². The van der Waals surface area contributed by atoms with Crippen molar-refractivity contribution in [3.63, 3.8) is 0 Å². The zero-order chi connectivity index (χ0) is 27.1. The molecule has 3 rings (SSSR count). The number of hydrogen-bond donors (Lipinski definition) is 1. The molecule has 0 aliphatic carbocycles. The zero-order valence-electron chi connectivity index (χ0n) is 21.5. The van der Waals surface area contributed by atoms with E-state index in [4.69, 9.17) is 18.9 Å². The molecule has 1 heterocycles. The number of rotatable bonds is 11. The molecule has 0 unspecified atom stereocenters. The van der Waals surface area contributed by atoms with Crippen molar-refractivity contribution in [3.8, 4) is 23.0 Å². The summed E-state index contributed by atoms with van der Waals surface area (Å²) in [5.41, 5.74) is 1.24. The van der Waals surface area contributed by atoms with E-state index in [0.717, 1.165) is 17.3 Å². The van der Waals surface area contributed by atoms with Crippen molar-refractivity contribution in [1.82, 2.24) is 0 Å². The van der Waals surface area contributed by atoms with Gasteiger partial charge in [0.15, 0.2) is 11.9 Å². The number of ether oxygens (including phenoxy) is 4. The lowest BCUT2D eigenvalue weighted by Crippen LogP contribution is -2.35. The van der Waals surface area contributed by atoms with Gasteiger partial charge in [-0.1, -0.05) is 31.2 Å². The van der Waals surface area contributed by atoms with Crippen LogP contribution in [0.5, 0.6) is 23.0 Å². The first-order valence-corrected chi connectivity index (χ1v) is 11.7. The smallest absolute Gasteiger partial charge is 0.309 e. The van der Waals surface area contributed by atoms with Gasteiger partial charge in [0.05, 0.1) is 27.2 Å². The van der Waals surface area contributed by atoms with Gasteiger partial charge in [-0.05, 0) is 42.3 Å². The number of esters is 1. The van der Waals surface area contributed by atoms with Crippen LogP contribution in [0.25, 0.3) is 0 Å². The Morgan fingerprint density at radius 2 is 1.49 bits per heavy atom. The fourth-order valence-corrected chi connectivity index (χ4v) is 4.16. The van der Waals surface area contributed by atoms with Crippen LogP contribution in [-0.4, -0.2) is 44.3 Å². The highest BCUT2D eigenvalue weighted by molar-refractivity contribution is 5.98. The summed E-state index contributed by atoms with van der Waals surface area (Å²) in [6.45, 7) is 3.31. The maximum absolute atomic E-state index is 13.0. The van der Waals surface area contributed by atoms with Gasteiger partial charge in [0.1, 0.15) is 17.6 Å². The summed E-state index contributed by atoms with van der Waals surface area (Å²) in [6.07, 6.45) is 0.0974. The van der Waals surface area contributed by atoms with Crippen LogP contribution in [0.2, 0.25) is 0 Å². The van der Waals surface area contributed by atoms with Crippen LogP contribution in [0, 0.1) is 11.1 Å². The van der Waals surface area contributed by atoms with E-state index >= 15 is 0 Å². The molecule has 0 saturated carbocycles. The number of carbonyl (C=O) groups excluding carboxylic acids is 2. The number of carbonyl (C=O) groups is 2. The standard InChI is InChI=1S/C28H31NO8/c1-17(14-23(30)26-27(31)24(36-5)12-13-29(26)33)28(32)37-18(2)25(19-8-6-10-21(15-19)34-3)20-9-7-11-22(16-20)35-4/h6-13,15-18,25,31H,14H2,1-5H3/t17-,18+/m1/s1. The third-order valence-corrected chi connectivity index (χ3v) is 6.09. The Morgan fingerprint density at radius 1 is 0.919 bits per heavy atom. The molecule has 3 aromatic rings. The normalized spacial score (nSPS) is 12.5. The number of ketones is 1. The van der Waals surface area contributed by atoms with E-state index in [0.29, 0.717) is 11.5 Å². The van der Waals surface area contributed by atoms with Crippen LogP contribution >= 0.6 is 0 Å². The molecule has 0 amide bonds. The van der Waals surface area contributed by atoms with Crippen LogP contribution in [0.1, 0.15) is 47.8 Å². The molecule has 37 heavy (non-hydrogen) atoms. The second-order valence-electron chi connectivity index (χ2n) is 8.61. The van der Waals surface area contributed by atoms with E-state index < -0.39 is 35.2 Å². The number of hydrogen-bond acceptors (Lipinski definition) is 8. The van der Waals surface area contributed by atoms with E-state index in [1.165, 1.54) is 20.1 Å². The first kappa shape index (κ1) is 27.3. The molecule has 2 aromatic carbocycles. The van der Waals surface area contributed by atoms with Crippen molar-refractivity contribution in [2.45, 2.75) is 32.3 Å². The minimum Gasteiger partial charge on any atom is -0.618 e. The van der Waals surface area contributed by atoms with Gasteiger partial charge in [-0.15, -0.1) is 0 Å². The Morgan fingerprint density at radius 3 is 2.00 bits per heavy atom. The maximum Gasteiger partial charge on any atom is 0.309 e. The molecule has 0 aliphatic heterocycles. The molecule has 196 valence electrons.